The van der Waals surface area contributed by atoms with Crippen LogP contribution in [0.25, 0.3) is 11.1 Å². The van der Waals surface area contributed by atoms with Gasteiger partial charge in [-0.25, -0.2) is 9.97 Å². The fourth-order valence-electron chi connectivity index (χ4n) is 5.02. The van der Waals surface area contributed by atoms with E-state index >= 15 is 0 Å². The van der Waals surface area contributed by atoms with Crippen LogP contribution in [-0.2, 0) is 36.4 Å². The van der Waals surface area contributed by atoms with Gasteiger partial charge in [-0.15, -0.1) is 0 Å². The van der Waals surface area contributed by atoms with E-state index in [-0.39, 0.29) is 88.8 Å². The Bertz CT molecular complexity index is 1780. The van der Waals surface area contributed by atoms with Crippen molar-refractivity contribution in [3.63, 3.8) is 0 Å². The second-order valence-corrected chi connectivity index (χ2v) is 12.0. The number of hydrogen-bond donors (Lipinski definition) is 1. The number of anilines is 1. The normalized spacial score (nSPS) is 12.1. The minimum absolute atomic E-state index is 0. The van der Waals surface area contributed by atoms with Gasteiger partial charge in [0.1, 0.15) is 0 Å². The quantitative estimate of drug-likeness (QED) is 0.0882. The summed E-state index contributed by atoms with van der Waals surface area (Å²) in [6, 6.07) is 9.36. The molecule has 0 amide bonds. The van der Waals surface area contributed by atoms with Gasteiger partial charge in [0.05, 0.1) is 35.7 Å². The number of carboxylic acid groups (broad SMARTS) is 1. The number of aliphatic carboxylic acids is 1. The van der Waals surface area contributed by atoms with Crippen LogP contribution in [0.2, 0.25) is 5.02 Å². The zero-order valence-corrected chi connectivity index (χ0v) is 27.1. The van der Waals surface area contributed by atoms with Crippen molar-refractivity contribution in [2.24, 2.45) is 0 Å². The minimum atomic E-state index is -5.15. The number of hydrogen-bond acceptors (Lipinski definition) is 5. The zero-order valence-electron chi connectivity index (χ0n) is 26.3. The molecule has 6 nitrogen and oxygen atoms in total. The molecule has 0 spiro atoms. The van der Waals surface area contributed by atoms with E-state index in [9.17, 15) is 44.3 Å². The van der Waals surface area contributed by atoms with Gasteiger partial charge in [0.2, 0.25) is 5.95 Å². The summed E-state index contributed by atoms with van der Waals surface area (Å²) in [6.45, 7) is 2.52. The van der Waals surface area contributed by atoms with Crippen molar-refractivity contribution in [1.82, 2.24) is 9.97 Å². The molecule has 0 unspecified atom stereocenters. The summed E-state index contributed by atoms with van der Waals surface area (Å²) in [7, 11) is 0. The third kappa shape index (κ3) is 11.5. The van der Waals surface area contributed by atoms with Crippen molar-refractivity contribution < 1.29 is 54.2 Å². The van der Waals surface area contributed by atoms with E-state index in [0.29, 0.717) is 17.7 Å². The number of benzene rings is 3. The van der Waals surface area contributed by atoms with E-state index in [1.54, 1.807) is 18.2 Å². The van der Waals surface area contributed by atoms with Gasteiger partial charge in [-0.3, -0.25) is 4.79 Å². The molecule has 0 atom stereocenters. The summed E-state index contributed by atoms with van der Waals surface area (Å²) < 4.78 is 130. The molecular formula is C34H30ClF9N3NaO3. The van der Waals surface area contributed by atoms with E-state index in [1.165, 1.54) is 0 Å². The number of aromatic nitrogens is 2. The Morgan fingerprint density at radius 1 is 0.843 bits per heavy atom. The zero-order chi connectivity index (χ0) is 37.0. The van der Waals surface area contributed by atoms with Crippen molar-refractivity contribution in [2.45, 2.75) is 64.2 Å². The third-order valence-corrected chi connectivity index (χ3v) is 7.72. The Morgan fingerprint density at radius 3 is 1.94 bits per heavy atom. The van der Waals surface area contributed by atoms with Crippen LogP contribution in [-0.4, -0.2) is 57.2 Å². The molecule has 17 heteroatoms. The second kappa shape index (κ2) is 16.9. The van der Waals surface area contributed by atoms with Crippen LogP contribution in [0.15, 0.2) is 67.0 Å². The molecule has 51 heavy (non-hydrogen) atoms. The third-order valence-electron chi connectivity index (χ3n) is 7.42. The molecule has 1 heterocycles. The molecule has 0 saturated heterocycles. The van der Waals surface area contributed by atoms with Crippen molar-refractivity contribution in [2.75, 3.05) is 11.5 Å². The van der Waals surface area contributed by atoms with E-state index in [0.717, 1.165) is 35.0 Å². The first-order valence-electron chi connectivity index (χ1n) is 14.9. The van der Waals surface area contributed by atoms with Crippen LogP contribution in [0.3, 0.4) is 0 Å². The van der Waals surface area contributed by atoms with Gasteiger partial charge in [-0.2, -0.15) is 39.5 Å². The molecule has 0 radical (unpaired) electrons. The fraction of sp³-hybridized carbons (Fsp3) is 0.324. The van der Waals surface area contributed by atoms with Crippen molar-refractivity contribution >= 4 is 53.1 Å². The Labute approximate surface area is 313 Å². The molecule has 0 saturated carbocycles. The van der Waals surface area contributed by atoms with Crippen LogP contribution in [0.1, 0.15) is 66.0 Å². The summed E-state index contributed by atoms with van der Waals surface area (Å²) in [5.41, 5.74) is -3.43. The molecule has 270 valence electrons. The van der Waals surface area contributed by atoms with Crippen molar-refractivity contribution in [1.29, 1.82) is 0 Å². The number of halogens is 10. The van der Waals surface area contributed by atoms with Gasteiger partial charge in [-0.05, 0) is 64.9 Å². The Morgan fingerprint density at radius 2 is 1.41 bits per heavy atom. The van der Waals surface area contributed by atoms with Crippen LogP contribution in [0.5, 0.6) is 5.75 Å². The van der Waals surface area contributed by atoms with Gasteiger partial charge < -0.3 is 14.7 Å². The standard InChI is InChI=1S/C34H29ClF9N3O3.Na.H/c1-19(2)21-5-3-6-22(11-21)30-23(12-26(14-28(30)35)34(42,43)44)18-47(31-45-15-27(16-46-31)50-8-4-7-29(48)49)17-20-9-24(32(36,37)38)13-25(10-20)33(39,40)41;;/h3,5-6,9-16,19H,4,7-8,17-18H2,1-2H3,(H,48,49);;. The van der Waals surface area contributed by atoms with Crippen LogP contribution >= 0.6 is 11.6 Å². The maximum atomic E-state index is 14.0. The van der Waals surface area contributed by atoms with Crippen LogP contribution in [0.4, 0.5) is 45.5 Å². The second-order valence-electron chi connectivity index (χ2n) is 11.6. The Balaban J connectivity index is 0.00000702. The number of carbonyl (C=O) groups is 1. The number of carboxylic acids is 1. The maximum absolute atomic E-state index is 14.0. The molecule has 0 aliphatic rings. The summed E-state index contributed by atoms with van der Waals surface area (Å²) in [6.07, 6.45) is -12.9. The van der Waals surface area contributed by atoms with Crippen molar-refractivity contribution in [3.05, 3.63) is 105 Å². The van der Waals surface area contributed by atoms with Gasteiger partial charge >= 0.3 is 54.1 Å². The SMILES string of the molecule is CC(C)c1cccc(-c2c(Cl)cc(C(F)(F)F)cc2CN(Cc2cc(C(F)(F)F)cc(C(F)(F)F)c2)c2ncc(OCCCC(=O)O)cn2)c1.[NaH]. The molecule has 4 aromatic rings. The van der Waals surface area contributed by atoms with Gasteiger partial charge in [0.15, 0.2) is 5.75 Å². The van der Waals surface area contributed by atoms with E-state index in [1.807, 2.05) is 19.9 Å². The summed E-state index contributed by atoms with van der Waals surface area (Å²) >= 11 is 6.49. The van der Waals surface area contributed by atoms with Crippen LogP contribution < -0.4 is 9.64 Å². The first-order chi connectivity index (χ1) is 23.2. The average Bonchev–Trinajstić information content (AvgIpc) is 3.01. The monoisotopic (exact) mass is 757 g/mol. The molecule has 0 aliphatic heterocycles. The first kappa shape index (κ1) is 41.9. The van der Waals surface area contributed by atoms with Gasteiger partial charge in [0.25, 0.3) is 0 Å². The van der Waals surface area contributed by atoms with Crippen molar-refractivity contribution in [3.8, 4) is 16.9 Å². The van der Waals surface area contributed by atoms with Crippen LogP contribution in [0, 0.1) is 0 Å². The predicted molar refractivity (Wildman–Crippen MR) is 174 cm³/mol. The topological polar surface area (TPSA) is 75.6 Å². The number of rotatable bonds is 12. The number of alkyl halides is 9. The summed E-state index contributed by atoms with van der Waals surface area (Å²) in [4.78, 5) is 20.1. The van der Waals surface area contributed by atoms with E-state index in [4.69, 9.17) is 21.4 Å². The molecule has 1 N–H and O–H groups in total. The fourth-order valence-corrected chi connectivity index (χ4v) is 5.37. The molecule has 1 aromatic heterocycles. The predicted octanol–water partition coefficient (Wildman–Crippen LogP) is 9.78. The van der Waals surface area contributed by atoms with Gasteiger partial charge in [-0.1, -0.05) is 49.7 Å². The summed E-state index contributed by atoms with van der Waals surface area (Å²) in [5, 5.41) is 8.51. The number of ether oxygens (including phenoxy) is 1. The Kier molecular flexibility index (Phi) is 13.9. The molecule has 0 aliphatic carbocycles. The van der Waals surface area contributed by atoms with Gasteiger partial charge in [0, 0.05) is 30.1 Å². The molecule has 4 rings (SSSR count). The Hall–Kier alpha value is -3.53. The molecule has 0 fully saturated rings. The molecule has 3 aromatic carbocycles. The number of nitrogens with zero attached hydrogens (tertiary/aromatic N) is 3. The van der Waals surface area contributed by atoms with E-state index < -0.39 is 59.8 Å². The summed E-state index contributed by atoms with van der Waals surface area (Å²) in [5.74, 6) is -1.25. The average molecular weight is 758 g/mol. The molecular weight excluding hydrogens is 728 g/mol. The first-order valence-corrected chi connectivity index (χ1v) is 15.3. The molecule has 0 bridgehead atoms. The van der Waals surface area contributed by atoms with E-state index in [2.05, 4.69) is 9.97 Å².